The molecular weight excluding hydrogens is 244 g/mol. The van der Waals surface area contributed by atoms with E-state index in [1.54, 1.807) is 18.2 Å². The predicted octanol–water partition coefficient (Wildman–Crippen LogP) is 1.79. The van der Waals surface area contributed by atoms with Gasteiger partial charge in [0.05, 0.1) is 42.3 Å². The number of hydrogen-bond acceptors (Lipinski definition) is 5. The summed E-state index contributed by atoms with van der Waals surface area (Å²) in [5.74, 6) is -0.376. The van der Waals surface area contributed by atoms with Gasteiger partial charge in [-0.15, -0.1) is 0 Å². The second-order valence-electron chi connectivity index (χ2n) is 5.12. The van der Waals surface area contributed by atoms with Crippen molar-refractivity contribution in [1.82, 2.24) is 0 Å². The van der Waals surface area contributed by atoms with Gasteiger partial charge in [-0.25, -0.2) is 4.79 Å². The molecule has 5 nitrogen and oxygen atoms in total. The first-order valence-electron chi connectivity index (χ1n) is 6.58. The molecule has 0 aromatic heterocycles. The summed E-state index contributed by atoms with van der Waals surface area (Å²) in [5, 5.41) is 3.37. The Bertz CT molecular complexity index is 503. The van der Waals surface area contributed by atoms with Gasteiger partial charge in [0.25, 0.3) is 0 Å². The van der Waals surface area contributed by atoms with E-state index < -0.39 is 0 Å². The van der Waals surface area contributed by atoms with Gasteiger partial charge in [-0.2, -0.15) is 0 Å². The number of ether oxygens (including phenoxy) is 2. The highest BCUT2D eigenvalue weighted by Gasteiger charge is 2.41. The summed E-state index contributed by atoms with van der Waals surface area (Å²) in [6.45, 7) is 0. The molecule has 1 aromatic rings. The smallest absolute Gasteiger partial charge is 0.340 e. The summed E-state index contributed by atoms with van der Waals surface area (Å²) in [4.78, 5) is 11.8. The summed E-state index contributed by atoms with van der Waals surface area (Å²) < 4.78 is 10.6. The van der Waals surface area contributed by atoms with Gasteiger partial charge in [0.2, 0.25) is 0 Å². The van der Waals surface area contributed by atoms with Crippen molar-refractivity contribution in [3.63, 3.8) is 0 Å². The molecule has 3 atom stereocenters. The second-order valence-corrected chi connectivity index (χ2v) is 5.12. The Balaban J connectivity index is 1.85. The van der Waals surface area contributed by atoms with Crippen molar-refractivity contribution in [3.05, 3.63) is 23.8 Å². The Morgan fingerprint density at radius 1 is 1.47 bits per heavy atom. The van der Waals surface area contributed by atoms with Gasteiger partial charge in [0.1, 0.15) is 0 Å². The molecule has 2 saturated heterocycles. The standard InChI is InChI=1S/C14H18N2O3/c1-18-14(17)9-3-2-4-10(15)13(9)16-11-7-8-5-6-12(11)19-8/h2-4,8,11-12,16H,5-7,15H2,1H3. The maximum atomic E-state index is 11.8. The lowest BCUT2D eigenvalue weighted by molar-refractivity contribution is 0.0601. The number of nitrogens with one attached hydrogen (secondary N) is 1. The third kappa shape index (κ3) is 2.14. The highest BCUT2D eigenvalue weighted by Crippen LogP contribution is 2.37. The van der Waals surface area contributed by atoms with Crippen LogP contribution in [0.15, 0.2) is 18.2 Å². The van der Waals surface area contributed by atoms with Crippen LogP contribution >= 0.6 is 0 Å². The van der Waals surface area contributed by atoms with Crippen molar-refractivity contribution in [2.75, 3.05) is 18.2 Å². The molecule has 2 aliphatic heterocycles. The molecule has 0 radical (unpaired) electrons. The number of methoxy groups -OCH3 is 1. The largest absolute Gasteiger partial charge is 0.465 e. The molecule has 5 heteroatoms. The summed E-state index contributed by atoms with van der Waals surface area (Å²) in [7, 11) is 1.37. The van der Waals surface area contributed by atoms with Crippen LogP contribution in [0.2, 0.25) is 0 Å². The lowest BCUT2D eigenvalue weighted by atomic mass is 9.95. The maximum Gasteiger partial charge on any atom is 0.340 e. The number of carbonyl (C=O) groups excluding carboxylic acids is 1. The molecule has 0 spiro atoms. The molecule has 1 aromatic carbocycles. The Morgan fingerprint density at radius 3 is 2.95 bits per heavy atom. The van der Waals surface area contributed by atoms with Gasteiger partial charge in [-0.3, -0.25) is 0 Å². The van der Waals surface area contributed by atoms with Crippen molar-refractivity contribution in [1.29, 1.82) is 0 Å². The normalized spacial score (nSPS) is 28.4. The van der Waals surface area contributed by atoms with E-state index in [-0.39, 0.29) is 18.1 Å². The predicted molar refractivity (Wildman–Crippen MR) is 72.1 cm³/mol. The van der Waals surface area contributed by atoms with Crippen LogP contribution in [0.25, 0.3) is 0 Å². The minimum Gasteiger partial charge on any atom is -0.465 e. The number of fused-ring (bicyclic) bond motifs is 2. The summed E-state index contributed by atoms with van der Waals surface area (Å²) in [5.41, 5.74) is 7.68. The van der Waals surface area contributed by atoms with Gasteiger partial charge in [-0.1, -0.05) is 6.07 Å². The lowest BCUT2D eigenvalue weighted by Gasteiger charge is -2.23. The lowest BCUT2D eigenvalue weighted by Crippen LogP contribution is -2.31. The van der Waals surface area contributed by atoms with Gasteiger partial charge in [0.15, 0.2) is 0 Å². The first kappa shape index (κ1) is 12.3. The number of benzene rings is 1. The molecule has 2 aliphatic rings. The topological polar surface area (TPSA) is 73.6 Å². The minimum atomic E-state index is -0.376. The number of rotatable bonds is 3. The molecular formula is C14H18N2O3. The third-order valence-corrected chi connectivity index (χ3v) is 3.94. The van der Waals surface area contributed by atoms with Crippen molar-refractivity contribution >= 4 is 17.3 Å². The number of hydrogen-bond donors (Lipinski definition) is 2. The Labute approximate surface area is 112 Å². The SMILES string of the molecule is COC(=O)c1cccc(N)c1NC1CC2CCC1O2. The van der Waals surface area contributed by atoms with Crippen LogP contribution < -0.4 is 11.1 Å². The van der Waals surface area contributed by atoms with Crippen molar-refractivity contribution in [2.24, 2.45) is 0 Å². The molecule has 3 rings (SSSR count). The van der Waals surface area contributed by atoms with Gasteiger partial charge in [0, 0.05) is 0 Å². The van der Waals surface area contributed by atoms with Crippen molar-refractivity contribution in [3.8, 4) is 0 Å². The minimum absolute atomic E-state index is 0.229. The van der Waals surface area contributed by atoms with E-state index in [2.05, 4.69) is 5.32 Å². The quantitative estimate of drug-likeness (QED) is 0.641. The summed E-state index contributed by atoms with van der Waals surface area (Å²) in [6, 6.07) is 5.48. The first-order chi connectivity index (χ1) is 9.19. The van der Waals surface area contributed by atoms with Crippen LogP contribution in [0.4, 0.5) is 11.4 Å². The van der Waals surface area contributed by atoms with E-state index in [9.17, 15) is 4.79 Å². The average Bonchev–Trinajstić information content (AvgIpc) is 3.02. The Kier molecular flexibility index (Phi) is 3.06. The molecule has 102 valence electrons. The maximum absolute atomic E-state index is 11.8. The molecule has 2 fully saturated rings. The number of nitrogens with two attached hydrogens (primary N) is 1. The zero-order valence-electron chi connectivity index (χ0n) is 10.9. The van der Waals surface area contributed by atoms with E-state index in [1.807, 2.05) is 0 Å². The molecule has 0 amide bonds. The van der Waals surface area contributed by atoms with Gasteiger partial charge in [-0.05, 0) is 31.4 Å². The van der Waals surface area contributed by atoms with Crippen molar-refractivity contribution < 1.29 is 14.3 Å². The van der Waals surface area contributed by atoms with Gasteiger partial charge < -0.3 is 20.5 Å². The molecule has 3 unspecified atom stereocenters. The zero-order valence-corrected chi connectivity index (χ0v) is 10.9. The van der Waals surface area contributed by atoms with E-state index >= 15 is 0 Å². The zero-order chi connectivity index (χ0) is 13.4. The highest BCUT2D eigenvalue weighted by molar-refractivity contribution is 5.98. The van der Waals surface area contributed by atoms with Crippen LogP contribution in [0.3, 0.4) is 0 Å². The monoisotopic (exact) mass is 262 g/mol. The Morgan fingerprint density at radius 2 is 2.32 bits per heavy atom. The first-order valence-corrected chi connectivity index (χ1v) is 6.58. The third-order valence-electron chi connectivity index (χ3n) is 3.94. The van der Waals surface area contributed by atoms with E-state index in [1.165, 1.54) is 7.11 Å². The van der Waals surface area contributed by atoms with Crippen LogP contribution in [0.1, 0.15) is 29.6 Å². The molecule has 0 aliphatic carbocycles. The fourth-order valence-corrected chi connectivity index (χ4v) is 2.99. The van der Waals surface area contributed by atoms with Crippen LogP contribution in [-0.2, 0) is 9.47 Å². The van der Waals surface area contributed by atoms with E-state index in [4.69, 9.17) is 15.2 Å². The Hall–Kier alpha value is -1.75. The molecule has 2 heterocycles. The summed E-state index contributed by atoms with van der Waals surface area (Å²) in [6.07, 6.45) is 3.77. The molecule has 19 heavy (non-hydrogen) atoms. The van der Waals surface area contributed by atoms with Crippen molar-refractivity contribution in [2.45, 2.75) is 37.5 Å². The summed E-state index contributed by atoms with van der Waals surface area (Å²) >= 11 is 0. The highest BCUT2D eigenvalue weighted by atomic mass is 16.5. The fraction of sp³-hybridized carbons (Fsp3) is 0.500. The van der Waals surface area contributed by atoms with E-state index in [0.29, 0.717) is 23.0 Å². The fourth-order valence-electron chi connectivity index (χ4n) is 2.99. The van der Waals surface area contributed by atoms with Gasteiger partial charge >= 0.3 is 5.97 Å². The second kappa shape index (κ2) is 4.74. The van der Waals surface area contributed by atoms with Crippen LogP contribution in [0, 0.1) is 0 Å². The molecule has 2 bridgehead atoms. The number of carbonyl (C=O) groups is 1. The molecule has 3 N–H and O–H groups in total. The average molecular weight is 262 g/mol. The number of anilines is 2. The number of esters is 1. The van der Waals surface area contributed by atoms with Crippen LogP contribution in [0.5, 0.6) is 0 Å². The molecule has 0 saturated carbocycles. The number of para-hydroxylation sites is 1. The van der Waals surface area contributed by atoms with Crippen LogP contribution in [-0.4, -0.2) is 31.3 Å². The number of nitrogen functional groups attached to an aromatic ring is 1. The van der Waals surface area contributed by atoms with E-state index in [0.717, 1.165) is 19.3 Å².